The van der Waals surface area contributed by atoms with E-state index in [9.17, 15) is 9.59 Å². The first-order valence-electron chi connectivity index (χ1n) is 6.25. The number of unbranched alkanes of at least 4 members (excludes halogenated alkanes) is 1. The number of furan rings is 1. The number of hydrogen-bond donors (Lipinski definition) is 2. The fourth-order valence-corrected chi connectivity index (χ4v) is 2.00. The summed E-state index contributed by atoms with van der Waals surface area (Å²) >= 11 is 5.86. The van der Waals surface area contributed by atoms with Gasteiger partial charge < -0.3 is 14.8 Å². The van der Waals surface area contributed by atoms with Gasteiger partial charge in [0.2, 0.25) is 0 Å². The van der Waals surface area contributed by atoms with Gasteiger partial charge in [-0.25, -0.2) is 0 Å². The number of benzene rings is 1. The quantitative estimate of drug-likeness (QED) is 0.803. The summed E-state index contributed by atoms with van der Waals surface area (Å²) in [4.78, 5) is 22.2. The van der Waals surface area contributed by atoms with Gasteiger partial charge in [0.1, 0.15) is 5.58 Å². The predicted octanol–water partition coefficient (Wildman–Crippen LogP) is 3.07. The average molecular weight is 296 g/mol. The molecule has 0 bridgehead atoms. The summed E-state index contributed by atoms with van der Waals surface area (Å²) < 4.78 is 5.42. The largest absolute Gasteiger partial charge is 0.481 e. The van der Waals surface area contributed by atoms with E-state index in [4.69, 9.17) is 21.1 Å². The lowest BCUT2D eigenvalue weighted by molar-refractivity contribution is -0.137. The number of amides is 1. The molecule has 0 saturated heterocycles. The highest BCUT2D eigenvalue weighted by atomic mass is 35.5. The number of aliphatic carboxylic acids is 1. The van der Waals surface area contributed by atoms with Crippen molar-refractivity contribution < 1.29 is 19.1 Å². The second-order valence-electron chi connectivity index (χ2n) is 4.40. The second-order valence-corrected chi connectivity index (χ2v) is 4.84. The Morgan fingerprint density at radius 2 is 2.05 bits per heavy atom. The van der Waals surface area contributed by atoms with E-state index in [2.05, 4.69) is 5.32 Å². The van der Waals surface area contributed by atoms with Gasteiger partial charge in [-0.05, 0) is 37.1 Å². The van der Waals surface area contributed by atoms with Crippen LogP contribution in [0, 0.1) is 0 Å². The summed E-state index contributed by atoms with van der Waals surface area (Å²) in [6.45, 7) is 0.421. The van der Waals surface area contributed by atoms with E-state index >= 15 is 0 Å². The van der Waals surface area contributed by atoms with Crippen molar-refractivity contribution >= 4 is 34.4 Å². The summed E-state index contributed by atoms with van der Waals surface area (Å²) in [6, 6.07) is 6.76. The fraction of sp³-hybridized carbons (Fsp3) is 0.286. The molecule has 1 aromatic carbocycles. The molecule has 6 heteroatoms. The van der Waals surface area contributed by atoms with Crippen LogP contribution in [0.25, 0.3) is 11.0 Å². The van der Waals surface area contributed by atoms with Crippen LogP contribution in [0.2, 0.25) is 5.02 Å². The first-order chi connectivity index (χ1) is 9.56. The van der Waals surface area contributed by atoms with Crippen LogP contribution in [-0.2, 0) is 4.79 Å². The Bertz CT molecular complexity index is 635. The summed E-state index contributed by atoms with van der Waals surface area (Å²) in [5, 5.41) is 12.5. The average Bonchev–Trinajstić information content (AvgIpc) is 2.80. The van der Waals surface area contributed by atoms with E-state index in [1.807, 2.05) is 0 Å². The Labute approximate surface area is 120 Å². The zero-order valence-corrected chi connectivity index (χ0v) is 11.4. The lowest BCUT2D eigenvalue weighted by Crippen LogP contribution is -2.24. The second kappa shape index (κ2) is 6.43. The molecule has 0 atom stereocenters. The molecule has 1 amide bonds. The van der Waals surface area contributed by atoms with Gasteiger partial charge in [-0.2, -0.15) is 0 Å². The Morgan fingerprint density at radius 1 is 1.25 bits per heavy atom. The molecule has 20 heavy (non-hydrogen) atoms. The number of halogens is 1. The third kappa shape index (κ3) is 3.74. The minimum absolute atomic E-state index is 0.110. The maximum atomic E-state index is 11.8. The molecule has 1 aromatic heterocycles. The van der Waals surface area contributed by atoms with E-state index in [-0.39, 0.29) is 18.1 Å². The molecule has 0 aliphatic carbocycles. The van der Waals surface area contributed by atoms with Crippen LogP contribution in [0.4, 0.5) is 0 Å². The predicted molar refractivity (Wildman–Crippen MR) is 75.0 cm³/mol. The number of nitrogens with one attached hydrogen (secondary N) is 1. The van der Waals surface area contributed by atoms with Gasteiger partial charge in [-0.3, -0.25) is 9.59 Å². The van der Waals surface area contributed by atoms with Crippen molar-refractivity contribution in [1.29, 1.82) is 0 Å². The first kappa shape index (κ1) is 14.4. The summed E-state index contributed by atoms with van der Waals surface area (Å²) in [5.74, 6) is -0.918. The van der Waals surface area contributed by atoms with Gasteiger partial charge >= 0.3 is 5.97 Å². The van der Waals surface area contributed by atoms with Gasteiger partial charge in [0.05, 0.1) is 0 Å². The molecule has 0 radical (unpaired) electrons. The molecule has 5 nitrogen and oxygen atoms in total. The number of rotatable bonds is 6. The van der Waals surface area contributed by atoms with Crippen molar-refractivity contribution in [3.8, 4) is 0 Å². The number of hydrogen-bond acceptors (Lipinski definition) is 3. The number of fused-ring (bicyclic) bond motifs is 1. The molecule has 0 saturated carbocycles. The smallest absolute Gasteiger partial charge is 0.303 e. The molecule has 0 aliphatic rings. The molecule has 2 N–H and O–H groups in total. The standard InChI is InChI=1S/C14H14ClNO4/c15-10-4-5-11-9(7-10)8-12(20-11)14(19)16-6-2-1-3-13(17)18/h4-5,7-8H,1-3,6H2,(H,16,19)(H,17,18). The van der Waals surface area contributed by atoms with Crippen molar-refractivity contribution in [2.45, 2.75) is 19.3 Å². The van der Waals surface area contributed by atoms with Crippen LogP contribution in [0.5, 0.6) is 0 Å². The lowest BCUT2D eigenvalue weighted by Gasteiger charge is -2.01. The molecule has 2 aromatic rings. The molecule has 2 rings (SSSR count). The van der Waals surface area contributed by atoms with Gasteiger partial charge in [0, 0.05) is 23.4 Å². The number of carboxylic acids is 1. The van der Waals surface area contributed by atoms with Crippen molar-refractivity contribution in [2.24, 2.45) is 0 Å². The monoisotopic (exact) mass is 295 g/mol. The minimum atomic E-state index is -0.828. The number of carboxylic acid groups (broad SMARTS) is 1. The number of carbonyl (C=O) groups is 2. The molecule has 0 spiro atoms. The maximum Gasteiger partial charge on any atom is 0.303 e. The van der Waals surface area contributed by atoms with Crippen molar-refractivity contribution in [3.63, 3.8) is 0 Å². The third-order valence-corrected chi connectivity index (χ3v) is 3.04. The SMILES string of the molecule is O=C(O)CCCCNC(=O)c1cc2cc(Cl)ccc2o1. The zero-order valence-electron chi connectivity index (χ0n) is 10.7. The summed E-state index contributed by atoms with van der Waals surface area (Å²) in [6.07, 6.45) is 1.26. The topological polar surface area (TPSA) is 79.5 Å². The molecule has 0 unspecified atom stereocenters. The summed E-state index contributed by atoms with van der Waals surface area (Å²) in [5.41, 5.74) is 0.602. The third-order valence-electron chi connectivity index (χ3n) is 2.81. The van der Waals surface area contributed by atoms with Crippen molar-refractivity contribution in [3.05, 3.63) is 35.0 Å². The highest BCUT2D eigenvalue weighted by molar-refractivity contribution is 6.31. The lowest BCUT2D eigenvalue weighted by atomic mass is 10.2. The van der Waals surface area contributed by atoms with E-state index in [0.29, 0.717) is 30.0 Å². The minimum Gasteiger partial charge on any atom is -0.481 e. The van der Waals surface area contributed by atoms with Crippen LogP contribution in [-0.4, -0.2) is 23.5 Å². The maximum absolute atomic E-state index is 11.8. The van der Waals surface area contributed by atoms with E-state index < -0.39 is 5.97 Å². The van der Waals surface area contributed by atoms with E-state index in [0.717, 1.165) is 5.39 Å². The van der Waals surface area contributed by atoms with Gasteiger partial charge in [-0.15, -0.1) is 0 Å². The van der Waals surface area contributed by atoms with E-state index in [1.54, 1.807) is 24.3 Å². The molecule has 0 fully saturated rings. The van der Waals surface area contributed by atoms with Gasteiger partial charge in [0.15, 0.2) is 5.76 Å². The van der Waals surface area contributed by atoms with Gasteiger partial charge in [0.25, 0.3) is 5.91 Å². The number of carbonyl (C=O) groups excluding carboxylic acids is 1. The Hall–Kier alpha value is -2.01. The van der Waals surface area contributed by atoms with Gasteiger partial charge in [-0.1, -0.05) is 11.6 Å². The Morgan fingerprint density at radius 3 is 2.80 bits per heavy atom. The van der Waals surface area contributed by atoms with Crippen LogP contribution < -0.4 is 5.32 Å². The Kier molecular flexibility index (Phi) is 4.63. The van der Waals surface area contributed by atoms with Crippen LogP contribution in [0.1, 0.15) is 29.8 Å². The fourth-order valence-electron chi connectivity index (χ4n) is 1.82. The van der Waals surface area contributed by atoms with Crippen LogP contribution in [0.3, 0.4) is 0 Å². The molecule has 106 valence electrons. The zero-order chi connectivity index (χ0) is 14.5. The van der Waals surface area contributed by atoms with Crippen molar-refractivity contribution in [2.75, 3.05) is 6.54 Å². The highest BCUT2D eigenvalue weighted by Gasteiger charge is 2.11. The van der Waals surface area contributed by atoms with Crippen LogP contribution >= 0.6 is 11.6 Å². The summed E-state index contributed by atoms with van der Waals surface area (Å²) in [7, 11) is 0. The first-order valence-corrected chi connectivity index (χ1v) is 6.63. The normalized spacial score (nSPS) is 10.7. The van der Waals surface area contributed by atoms with Crippen LogP contribution in [0.15, 0.2) is 28.7 Å². The van der Waals surface area contributed by atoms with E-state index in [1.165, 1.54) is 0 Å². The molecular formula is C14H14ClNO4. The molecule has 0 aliphatic heterocycles. The molecule has 1 heterocycles. The Balaban J connectivity index is 1.89. The highest BCUT2D eigenvalue weighted by Crippen LogP contribution is 2.22. The molecular weight excluding hydrogens is 282 g/mol. The van der Waals surface area contributed by atoms with Crippen molar-refractivity contribution in [1.82, 2.24) is 5.32 Å².